The molecule has 42 heavy (non-hydrogen) atoms. The minimum Gasteiger partial charge on any atom is -0.598 e. The number of benzene rings is 1. The minimum atomic E-state index is -1.06. The molecule has 4 aromatic heterocycles. The van der Waals surface area contributed by atoms with Crippen molar-refractivity contribution in [3.8, 4) is 22.4 Å². The summed E-state index contributed by atoms with van der Waals surface area (Å²) in [5.74, 6) is 0.240. The lowest BCUT2D eigenvalue weighted by atomic mass is 9.90. The van der Waals surface area contributed by atoms with Crippen LogP contribution in [-0.4, -0.2) is 70.2 Å². The summed E-state index contributed by atoms with van der Waals surface area (Å²) in [6, 6.07) is 6.58. The number of hydrogen-bond acceptors (Lipinski definition) is 6. The molecule has 0 bridgehead atoms. The highest BCUT2D eigenvalue weighted by Crippen LogP contribution is 2.48. The lowest BCUT2D eigenvalue weighted by molar-refractivity contribution is -0.119. The van der Waals surface area contributed by atoms with Crippen molar-refractivity contribution < 1.29 is 9.35 Å². The average Bonchev–Trinajstić information content (AvgIpc) is 3.76. The summed E-state index contributed by atoms with van der Waals surface area (Å²) < 4.78 is 18.6. The molecule has 0 saturated carbocycles. The normalized spacial score (nSPS) is 16.1. The molecule has 5 heterocycles. The van der Waals surface area contributed by atoms with E-state index >= 15 is 0 Å². The van der Waals surface area contributed by atoms with Gasteiger partial charge in [0.2, 0.25) is 5.91 Å². The zero-order valence-electron chi connectivity index (χ0n) is 25.1. The maximum atomic E-state index is 13.8. The number of aromatic nitrogens is 6. The van der Waals surface area contributed by atoms with Gasteiger partial charge in [0, 0.05) is 78.2 Å². The molecule has 0 spiro atoms. The smallest absolute Gasteiger partial charge is 0.234 e. The lowest BCUT2D eigenvalue weighted by Crippen LogP contribution is -2.35. The quantitative estimate of drug-likeness (QED) is 0.219. The first kappa shape index (κ1) is 28.4. The number of aryl methyl sites for hydroxylation is 1. The standard InChI is InChI=1S/C31H38N8O2S/c1-7-12-38(42(41)8-2)13-11-23-27-25(36(5)31(23)40)17-32-30-28(27)26(20-9-10-24-21(14-20)15-33-37(24)6)29(35-30)22-16-34-39(18-22)19(3)4/h9-10,14-19,23H,7-8,11-13H2,1-6H3,(H,32,35). The van der Waals surface area contributed by atoms with Crippen molar-refractivity contribution >= 4 is 44.9 Å². The molecule has 0 fully saturated rings. The molecule has 1 aliphatic rings. The number of likely N-dealkylation sites (N-methyl/N-ethyl adjacent to an activating group) is 1. The first-order valence-corrected chi connectivity index (χ1v) is 15.9. The maximum Gasteiger partial charge on any atom is 0.234 e. The van der Waals surface area contributed by atoms with Crippen LogP contribution in [-0.2, 0) is 23.2 Å². The molecular formula is C31H38N8O2S. The van der Waals surface area contributed by atoms with E-state index in [0.717, 1.165) is 68.5 Å². The zero-order chi connectivity index (χ0) is 29.7. The third-order valence-corrected chi connectivity index (χ3v) is 9.74. The number of H-pyrrole nitrogens is 1. The van der Waals surface area contributed by atoms with Crippen LogP contribution in [0.5, 0.6) is 0 Å². The van der Waals surface area contributed by atoms with Crippen LogP contribution < -0.4 is 4.90 Å². The van der Waals surface area contributed by atoms with Gasteiger partial charge in [-0.3, -0.25) is 14.2 Å². The van der Waals surface area contributed by atoms with E-state index in [-0.39, 0.29) is 17.9 Å². The number of aromatic amines is 1. The Morgan fingerprint density at radius 2 is 1.90 bits per heavy atom. The SMILES string of the molecule is CCCN(CCC1C(=O)N(C)c2cnc3[nH]c(-c4cnn(C(C)C)c4)c(-c4ccc5c(cnn5C)c4)c3c21)[S+]([O-])CC. The highest BCUT2D eigenvalue weighted by molar-refractivity contribution is 7.89. The van der Waals surface area contributed by atoms with Gasteiger partial charge in [0.05, 0.1) is 41.4 Å². The molecule has 0 aliphatic carbocycles. The summed E-state index contributed by atoms with van der Waals surface area (Å²) in [5, 5.41) is 11.1. The number of pyridine rings is 1. The van der Waals surface area contributed by atoms with Gasteiger partial charge in [-0.25, -0.2) is 4.98 Å². The van der Waals surface area contributed by atoms with Crippen LogP contribution in [0.2, 0.25) is 0 Å². The maximum absolute atomic E-state index is 13.8. The van der Waals surface area contributed by atoms with Crippen molar-refractivity contribution in [2.75, 3.05) is 30.8 Å². The largest absolute Gasteiger partial charge is 0.598 e. The van der Waals surface area contributed by atoms with Crippen molar-refractivity contribution in [2.45, 2.75) is 52.5 Å². The monoisotopic (exact) mass is 586 g/mol. The van der Waals surface area contributed by atoms with E-state index in [1.54, 1.807) is 11.1 Å². The first-order chi connectivity index (χ1) is 20.2. The van der Waals surface area contributed by atoms with Crippen LogP contribution in [0, 0.1) is 0 Å². The first-order valence-electron chi connectivity index (χ1n) is 14.7. The highest BCUT2D eigenvalue weighted by atomic mass is 32.2. The Morgan fingerprint density at radius 1 is 1.10 bits per heavy atom. The second kappa shape index (κ2) is 11.2. The highest BCUT2D eigenvalue weighted by Gasteiger charge is 2.39. The van der Waals surface area contributed by atoms with E-state index < -0.39 is 11.4 Å². The van der Waals surface area contributed by atoms with Crippen molar-refractivity contribution in [3.63, 3.8) is 0 Å². The van der Waals surface area contributed by atoms with Gasteiger partial charge in [0.25, 0.3) is 0 Å². The fourth-order valence-corrected chi connectivity index (χ4v) is 7.19. The third-order valence-electron chi connectivity index (χ3n) is 8.31. The molecule has 2 unspecified atom stereocenters. The molecule has 5 aromatic rings. The van der Waals surface area contributed by atoms with Crippen molar-refractivity contribution in [1.82, 2.24) is 33.8 Å². The van der Waals surface area contributed by atoms with Gasteiger partial charge in [-0.15, -0.1) is 4.31 Å². The number of anilines is 1. The number of amides is 1. The van der Waals surface area contributed by atoms with Crippen molar-refractivity contribution in [3.05, 3.63) is 48.5 Å². The number of hydrogen-bond donors (Lipinski definition) is 1. The van der Waals surface area contributed by atoms with Gasteiger partial charge in [-0.1, -0.05) is 13.0 Å². The van der Waals surface area contributed by atoms with Crippen LogP contribution in [0.3, 0.4) is 0 Å². The summed E-state index contributed by atoms with van der Waals surface area (Å²) in [6.45, 7) is 9.55. The van der Waals surface area contributed by atoms with Gasteiger partial charge < -0.3 is 14.4 Å². The predicted molar refractivity (Wildman–Crippen MR) is 169 cm³/mol. The number of rotatable bonds is 10. The zero-order valence-corrected chi connectivity index (χ0v) is 25.9. The molecule has 1 aliphatic heterocycles. The predicted octanol–water partition coefficient (Wildman–Crippen LogP) is 5.41. The number of carbonyl (C=O) groups excluding carboxylic acids is 1. The Bertz CT molecular complexity index is 1770. The summed E-state index contributed by atoms with van der Waals surface area (Å²) >= 11 is -1.06. The van der Waals surface area contributed by atoms with Crippen LogP contribution in [0.1, 0.15) is 58.1 Å². The van der Waals surface area contributed by atoms with Gasteiger partial charge in [0.15, 0.2) is 0 Å². The molecule has 6 rings (SSSR count). The Kier molecular flexibility index (Phi) is 7.59. The second-order valence-electron chi connectivity index (χ2n) is 11.3. The van der Waals surface area contributed by atoms with Gasteiger partial charge >= 0.3 is 0 Å². The topological polar surface area (TPSA) is 111 Å². The second-order valence-corrected chi connectivity index (χ2v) is 13.0. The Hall–Kier alpha value is -3.67. The average molecular weight is 587 g/mol. The van der Waals surface area contributed by atoms with Gasteiger partial charge in [-0.05, 0) is 51.3 Å². The molecule has 0 saturated heterocycles. The van der Waals surface area contributed by atoms with Crippen LogP contribution in [0.15, 0.2) is 43.0 Å². The number of nitrogens with zero attached hydrogens (tertiary/aromatic N) is 7. The fourth-order valence-electron chi connectivity index (χ4n) is 6.13. The van der Waals surface area contributed by atoms with E-state index in [9.17, 15) is 9.35 Å². The summed E-state index contributed by atoms with van der Waals surface area (Å²) in [5.41, 5.74) is 7.47. The molecule has 2 atom stereocenters. The van der Waals surface area contributed by atoms with Crippen molar-refractivity contribution in [2.24, 2.45) is 7.05 Å². The van der Waals surface area contributed by atoms with E-state index in [1.807, 2.05) is 47.1 Å². The molecule has 1 amide bonds. The van der Waals surface area contributed by atoms with Crippen LogP contribution in [0.25, 0.3) is 44.3 Å². The van der Waals surface area contributed by atoms with E-state index in [4.69, 9.17) is 4.98 Å². The summed E-state index contributed by atoms with van der Waals surface area (Å²) in [7, 11) is 3.76. The Morgan fingerprint density at radius 3 is 2.62 bits per heavy atom. The van der Waals surface area contributed by atoms with Crippen molar-refractivity contribution in [1.29, 1.82) is 0 Å². The molecule has 11 heteroatoms. The van der Waals surface area contributed by atoms with E-state index in [0.29, 0.717) is 18.7 Å². The molecule has 10 nitrogen and oxygen atoms in total. The van der Waals surface area contributed by atoms with Crippen LogP contribution in [0.4, 0.5) is 5.69 Å². The minimum absolute atomic E-state index is 0.0436. The number of carbonyl (C=O) groups is 1. The number of fused-ring (bicyclic) bond motifs is 4. The fraction of sp³-hybridized carbons (Fsp3) is 0.419. The third kappa shape index (κ3) is 4.69. The lowest BCUT2D eigenvalue weighted by Gasteiger charge is -2.24. The molecule has 220 valence electrons. The van der Waals surface area contributed by atoms with Crippen LogP contribution >= 0.6 is 0 Å². The van der Waals surface area contributed by atoms with E-state index in [2.05, 4.69) is 60.3 Å². The van der Waals surface area contributed by atoms with Gasteiger partial charge in [-0.2, -0.15) is 10.2 Å². The summed E-state index contributed by atoms with van der Waals surface area (Å²) in [4.78, 5) is 23.9. The molecule has 1 aromatic carbocycles. The summed E-state index contributed by atoms with van der Waals surface area (Å²) in [6.07, 6.45) is 9.10. The molecule has 0 radical (unpaired) electrons. The molecular weight excluding hydrogens is 548 g/mol. The van der Waals surface area contributed by atoms with Gasteiger partial charge in [0.1, 0.15) is 11.4 Å². The Balaban J connectivity index is 1.56. The number of nitrogens with one attached hydrogen (secondary N) is 1. The van der Waals surface area contributed by atoms with E-state index in [1.165, 1.54) is 0 Å². The Labute approximate surface area is 249 Å². The molecule has 1 N–H and O–H groups in total.